The molecule has 0 unspecified atom stereocenters. The molecule has 0 bridgehead atoms. The Labute approximate surface area is 138 Å². The average molecular weight is 333 g/mol. The average Bonchev–Trinajstić information content (AvgIpc) is 2.91. The molecule has 1 N–H and O–H groups in total. The SMILES string of the molecule is Cc1nc([C@@H]2CN(C(=O)Cc3ccc(C)s3)CCO2)cc(=O)[nH]1. The Bertz CT molecular complexity index is 768. The fraction of sp³-hybridized carbons (Fsp3) is 0.438. The van der Waals surface area contributed by atoms with Crippen molar-refractivity contribution in [3.05, 3.63) is 49.8 Å². The number of rotatable bonds is 3. The maximum Gasteiger partial charge on any atom is 0.251 e. The Kier molecular flexibility index (Phi) is 4.58. The molecule has 1 saturated heterocycles. The summed E-state index contributed by atoms with van der Waals surface area (Å²) in [5.41, 5.74) is 0.379. The molecule has 1 fully saturated rings. The summed E-state index contributed by atoms with van der Waals surface area (Å²) in [6, 6.07) is 5.46. The van der Waals surface area contributed by atoms with Gasteiger partial charge in [-0.1, -0.05) is 0 Å². The van der Waals surface area contributed by atoms with E-state index in [0.717, 1.165) is 4.88 Å². The Morgan fingerprint density at radius 2 is 2.30 bits per heavy atom. The van der Waals surface area contributed by atoms with Gasteiger partial charge in [0.1, 0.15) is 11.9 Å². The second-order valence-electron chi connectivity index (χ2n) is 5.64. The number of hydrogen-bond donors (Lipinski definition) is 1. The Morgan fingerprint density at radius 1 is 1.48 bits per heavy atom. The molecule has 1 aliphatic heterocycles. The van der Waals surface area contributed by atoms with E-state index in [9.17, 15) is 9.59 Å². The molecule has 3 heterocycles. The van der Waals surface area contributed by atoms with E-state index in [1.807, 2.05) is 19.1 Å². The summed E-state index contributed by atoms with van der Waals surface area (Å²) in [4.78, 5) is 35.1. The van der Waals surface area contributed by atoms with Gasteiger partial charge in [-0.05, 0) is 26.0 Å². The van der Waals surface area contributed by atoms with Gasteiger partial charge in [0.25, 0.3) is 5.56 Å². The number of hydrogen-bond acceptors (Lipinski definition) is 5. The molecule has 1 amide bonds. The lowest BCUT2D eigenvalue weighted by molar-refractivity contribution is -0.138. The zero-order chi connectivity index (χ0) is 16.4. The lowest BCUT2D eigenvalue weighted by Gasteiger charge is -2.32. The van der Waals surface area contributed by atoms with Crippen molar-refractivity contribution in [1.82, 2.24) is 14.9 Å². The monoisotopic (exact) mass is 333 g/mol. The number of ether oxygens (including phenoxy) is 1. The number of H-pyrrole nitrogens is 1. The van der Waals surface area contributed by atoms with Gasteiger partial charge in [0.2, 0.25) is 5.91 Å². The zero-order valence-corrected chi connectivity index (χ0v) is 14.0. The zero-order valence-electron chi connectivity index (χ0n) is 13.2. The summed E-state index contributed by atoms with van der Waals surface area (Å²) in [5, 5.41) is 0. The molecule has 23 heavy (non-hydrogen) atoms. The maximum absolute atomic E-state index is 12.5. The molecule has 0 radical (unpaired) electrons. The molecule has 7 heteroatoms. The van der Waals surface area contributed by atoms with Crippen molar-refractivity contribution in [2.75, 3.05) is 19.7 Å². The van der Waals surface area contributed by atoms with Crippen LogP contribution in [0.1, 0.15) is 27.4 Å². The molecule has 3 rings (SSSR count). The van der Waals surface area contributed by atoms with Crippen LogP contribution in [-0.4, -0.2) is 40.5 Å². The third kappa shape index (κ3) is 3.86. The first-order valence-electron chi connectivity index (χ1n) is 7.54. The minimum absolute atomic E-state index is 0.0849. The van der Waals surface area contributed by atoms with E-state index in [2.05, 4.69) is 9.97 Å². The lowest BCUT2D eigenvalue weighted by atomic mass is 10.2. The van der Waals surface area contributed by atoms with E-state index in [1.54, 1.807) is 23.2 Å². The topological polar surface area (TPSA) is 75.3 Å². The predicted octanol–water partition coefficient (Wildman–Crippen LogP) is 1.59. The van der Waals surface area contributed by atoms with Crippen LogP contribution in [0.2, 0.25) is 0 Å². The van der Waals surface area contributed by atoms with Gasteiger partial charge < -0.3 is 14.6 Å². The molecule has 0 saturated carbocycles. The molecular formula is C16H19N3O3S. The van der Waals surface area contributed by atoms with Crippen molar-refractivity contribution in [1.29, 1.82) is 0 Å². The molecule has 1 aliphatic rings. The number of thiophene rings is 1. The lowest BCUT2D eigenvalue weighted by Crippen LogP contribution is -2.43. The van der Waals surface area contributed by atoms with Crippen LogP contribution < -0.4 is 5.56 Å². The maximum atomic E-state index is 12.5. The Balaban J connectivity index is 1.70. The number of carbonyl (C=O) groups excluding carboxylic acids is 1. The number of carbonyl (C=O) groups is 1. The van der Waals surface area contributed by atoms with E-state index in [1.165, 1.54) is 10.9 Å². The first kappa shape index (κ1) is 15.9. The summed E-state index contributed by atoms with van der Waals surface area (Å²) in [7, 11) is 0. The first-order valence-corrected chi connectivity index (χ1v) is 8.35. The van der Waals surface area contributed by atoms with Crippen molar-refractivity contribution < 1.29 is 9.53 Å². The number of morpholine rings is 1. The number of amides is 1. The van der Waals surface area contributed by atoms with Gasteiger partial charge in [0, 0.05) is 22.4 Å². The van der Waals surface area contributed by atoms with Gasteiger partial charge in [-0.25, -0.2) is 4.98 Å². The molecule has 2 aromatic heterocycles. The number of aromatic nitrogens is 2. The molecule has 122 valence electrons. The molecule has 0 aromatic carbocycles. The summed E-state index contributed by atoms with van der Waals surface area (Å²) in [6.07, 6.45) is 0.0614. The van der Waals surface area contributed by atoms with E-state index < -0.39 is 0 Å². The van der Waals surface area contributed by atoms with Crippen molar-refractivity contribution >= 4 is 17.2 Å². The predicted molar refractivity (Wildman–Crippen MR) is 87.6 cm³/mol. The summed E-state index contributed by atoms with van der Waals surface area (Å²) in [6.45, 7) is 5.22. The van der Waals surface area contributed by atoms with Gasteiger partial charge in [-0.2, -0.15) is 0 Å². The van der Waals surface area contributed by atoms with E-state index >= 15 is 0 Å². The summed E-state index contributed by atoms with van der Waals surface area (Å²) in [5.74, 6) is 0.635. The van der Waals surface area contributed by atoms with Crippen molar-refractivity contribution in [3.63, 3.8) is 0 Å². The second-order valence-corrected chi connectivity index (χ2v) is 7.02. The van der Waals surface area contributed by atoms with Gasteiger partial charge in [0.05, 0.1) is 25.3 Å². The minimum Gasteiger partial charge on any atom is -0.368 e. The fourth-order valence-electron chi connectivity index (χ4n) is 2.66. The van der Waals surface area contributed by atoms with Crippen LogP contribution in [0.25, 0.3) is 0 Å². The van der Waals surface area contributed by atoms with Crippen LogP contribution in [0.5, 0.6) is 0 Å². The smallest absolute Gasteiger partial charge is 0.251 e. The number of nitrogens with one attached hydrogen (secondary N) is 1. The van der Waals surface area contributed by atoms with Crippen molar-refractivity contribution in [3.8, 4) is 0 Å². The molecule has 2 aromatic rings. The highest BCUT2D eigenvalue weighted by Gasteiger charge is 2.26. The number of aromatic amines is 1. The highest BCUT2D eigenvalue weighted by molar-refractivity contribution is 7.12. The number of nitrogens with zero attached hydrogens (tertiary/aromatic N) is 2. The molecule has 1 atom stereocenters. The van der Waals surface area contributed by atoms with Gasteiger partial charge in [-0.3, -0.25) is 9.59 Å². The molecule has 0 aliphatic carbocycles. The van der Waals surface area contributed by atoms with Crippen molar-refractivity contribution in [2.24, 2.45) is 0 Å². The van der Waals surface area contributed by atoms with Crippen LogP contribution >= 0.6 is 11.3 Å². The minimum atomic E-state index is -0.348. The van der Waals surface area contributed by atoms with Crippen LogP contribution in [0.15, 0.2) is 23.0 Å². The summed E-state index contributed by atoms with van der Waals surface area (Å²) < 4.78 is 5.70. The van der Waals surface area contributed by atoms with E-state index in [-0.39, 0.29) is 17.6 Å². The third-order valence-corrected chi connectivity index (χ3v) is 4.75. The normalized spacial score (nSPS) is 18.2. The van der Waals surface area contributed by atoms with E-state index in [4.69, 9.17) is 4.74 Å². The molecule has 0 spiro atoms. The van der Waals surface area contributed by atoms with Crippen LogP contribution in [0, 0.1) is 13.8 Å². The number of aryl methyl sites for hydroxylation is 2. The molecule has 6 nitrogen and oxygen atoms in total. The highest BCUT2D eigenvalue weighted by atomic mass is 32.1. The summed E-state index contributed by atoms with van der Waals surface area (Å²) >= 11 is 1.64. The standard InChI is InChI=1S/C16H19N3O3S/c1-10-3-4-12(23-10)7-16(21)19-5-6-22-14(9-19)13-8-15(20)18-11(2)17-13/h3-4,8,14H,5-7,9H2,1-2H3,(H,17,18,20)/t14-/m0/s1. The van der Waals surface area contributed by atoms with Crippen LogP contribution in [0.4, 0.5) is 0 Å². The van der Waals surface area contributed by atoms with Gasteiger partial charge in [-0.15, -0.1) is 11.3 Å². The Hall–Kier alpha value is -1.99. The van der Waals surface area contributed by atoms with Crippen LogP contribution in [0.3, 0.4) is 0 Å². The van der Waals surface area contributed by atoms with Crippen molar-refractivity contribution in [2.45, 2.75) is 26.4 Å². The first-order chi connectivity index (χ1) is 11.0. The second kappa shape index (κ2) is 6.64. The molecular weight excluding hydrogens is 314 g/mol. The van der Waals surface area contributed by atoms with Gasteiger partial charge in [0.15, 0.2) is 0 Å². The Morgan fingerprint density at radius 3 is 3.00 bits per heavy atom. The third-order valence-electron chi connectivity index (χ3n) is 3.75. The van der Waals surface area contributed by atoms with Crippen LogP contribution in [-0.2, 0) is 16.0 Å². The fourth-order valence-corrected chi connectivity index (χ4v) is 3.54. The van der Waals surface area contributed by atoms with E-state index in [0.29, 0.717) is 37.6 Å². The largest absolute Gasteiger partial charge is 0.368 e. The highest BCUT2D eigenvalue weighted by Crippen LogP contribution is 2.22. The van der Waals surface area contributed by atoms with Gasteiger partial charge >= 0.3 is 0 Å². The quantitative estimate of drug-likeness (QED) is 0.925.